The third kappa shape index (κ3) is 8.99. The standard InChI is InChI=1S/C29H34N6O4.C28H32N6O3/c1-33-26-20(12-19(14-24(26)37-2)29(36)34-10-8-23-21(16-34)30-9-11-39-23)31-28(33)22-13-18-6-7-25(38-3)32-27(18)35(22)15-17-4-5-17;1-32-22-7-5-19(28(35)33-11-9-24-21(16-33)29-10-12-37-24)13-20(22)30-27(32)23-14-18-6-8-25(36-2)31-26(18)34(23)15-17-3-4-17/h6-7,12-14,17,21,23,30H,4-5,8-11,15-16H2,1-3H3;5-8,13-14,17,21,24,29H,3-4,9-12,15-16H2,1-2H3/t21-,23+;/m0./s1. The Morgan fingerprint density at radius 2 is 1.12 bits per heavy atom. The van der Waals surface area contributed by atoms with Crippen LogP contribution < -0.4 is 24.8 Å². The number of benzene rings is 2. The molecule has 2 unspecified atom stereocenters. The van der Waals surface area contributed by atoms with E-state index < -0.39 is 0 Å². The summed E-state index contributed by atoms with van der Waals surface area (Å²) >= 11 is 0. The number of pyridine rings is 2. The van der Waals surface area contributed by atoms with Crippen molar-refractivity contribution in [1.82, 2.24) is 58.6 Å². The van der Waals surface area contributed by atoms with E-state index in [0.29, 0.717) is 66.7 Å². The number of likely N-dealkylation sites (tertiary alicyclic amines) is 2. The molecule has 6 aromatic heterocycles. The second-order valence-electron chi connectivity index (χ2n) is 21.5. The lowest BCUT2D eigenvalue weighted by Gasteiger charge is -2.41. The van der Waals surface area contributed by atoms with E-state index in [0.717, 1.165) is 119 Å². The molecule has 2 aromatic carbocycles. The SMILES string of the molecule is COc1ccc2cc(-c3nc4cc(C(=O)N5CCC6OCCNC6C5)ccc4n3C)n(CC3CC3)c2n1.COc1ccc2cc(-c3nc4cc(C(=O)N5CC[C@H]6OCCN[C@H]6C5)cc(OC)c4n3C)n(CC3CC3)c2n1. The summed E-state index contributed by atoms with van der Waals surface area (Å²) in [5.41, 5.74) is 8.55. The molecule has 4 saturated heterocycles. The third-order valence-corrected chi connectivity index (χ3v) is 16.5. The van der Waals surface area contributed by atoms with Crippen molar-refractivity contribution in [2.45, 2.75) is 75.9 Å². The molecule has 0 spiro atoms. The number of carbonyl (C=O) groups is 2. The second-order valence-corrected chi connectivity index (χ2v) is 21.5. The van der Waals surface area contributed by atoms with E-state index in [-0.39, 0.29) is 36.1 Å². The molecule has 0 bridgehead atoms. The van der Waals surface area contributed by atoms with E-state index in [4.69, 9.17) is 43.6 Å². The maximum Gasteiger partial charge on any atom is 0.254 e. The van der Waals surface area contributed by atoms with Crippen molar-refractivity contribution in [3.63, 3.8) is 0 Å². The van der Waals surface area contributed by atoms with Gasteiger partial charge in [0.15, 0.2) is 11.6 Å². The number of carbonyl (C=O) groups excluding carboxylic acids is 2. The zero-order valence-corrected chi connectivity index (χ0v) is 44.0. The lowest BCUT2D eigenvalue weighted by Crippen LogP contribution is -2.59. The van der Waals surface area contributed by atoms with Gasteiger partial charge in [0.05, 0.1) is 86.8 Å². The minimum absolute atomic E-state index is 0.00707. The van der Waals surface area contributed by atoms with Gasteiger partial charge in [0.25, 0.3) is 11.8 Å². The highest BCUT2D eigenvalue weighted by atomic mass is 16.5. The summed E-state index contributed by atoms with van der Waals surface area (Å²) in [6.45, 7) is 7.63. The number of hydrogen-bond acceptors (Lipinski definition) is 13. The Balaban J connectivity index is 0.000000146. The van der Waals surface area contributed by atoms with Crippen molar-refractivity contribution < 1.29 is 33.3 Å². The van der Waals surface area contributed by atoms with Crippen LogP contribution in [0.3, 0.4) is 0 Å². The van der Waals surface area contributed by atoms with Crippen LogP contribution in [-0.4, -0.2) is 158 Å². The van der Waals surface area contributed by atoms with Crippen molar-refractivity contribution in [1.29, 1.82) is 0 Å². The summed E-state index contributed by atoms with van der Waals surface area (Å²) in [5, 5.41) is 9.13. The maximum atomic E-state index is 13.7. The molecule has 396 valence electrons. The third-order valence-electron chi connectivity index (χ3n) is 16.5. The Labute approximate surface area is 440 Å². The van der Waals surface area contributed by atoms with Gasteiger partial charge in [-0.2, -0.15) is 9.97 Å². The van der Waals surface area contributed by atoms with E-state index in [9.17, 15) is 9.59 Å². The van der Waals surface area contributed by atoms with Crippen molar-refractivity contribution in [3.8, 4) is 40.5 Å². The van der Waals surface area contributed by atoms with E-state index in [1.54, 1.807) is 21.3 Å². The smallest absolute Gasteiger partial charge is 0.254 e. The summed E-state index contributed by atoms with van der Waals surface area (Å²) in [4.78, 5) is 50.6. The van der Waals surface area contributed by atoms with Gasteiger partial charge < -0.3 is 62.4 Å². The van der Waals surface area contributed by atoms with Crippen LogP contribution in [0.4, 0.5) is 0 Å². The van der Waals surface area contributed by atoms with Gasteiger partial charge in [-0.05, 0) is 105 Å². The van der Waals surface area contributed by atoms with Crippen LogP contribution in [0.15, 0.2) is 66.7 Å². The molecule has 4 aliphatic heterocycles. The molecule has 14 rings (SSSR count). The number of methoxy groups -OCH3 is 3. The Hall–Kier alpha value is -7.06. The molecule has 6 fully saturated rings. The van der Waals surface area contributed by atoms with Crippen LogP contribution in [-0.2, 0) is 36.7 Å². The van der Waals surface area contributed by atoms with Gasteiger partial charge in [-0.25, -0.2) is 9.97 Å². The first-order valence-electron chi connectivity index (χ1n) is 27.0. The van der Waals surface area contributed by atoms with Gasteiger partial charge in [0.1, 0.15) is 22.6 Å². The summed E-state index contributed by atoms with van der Waals surface area (Å²) < 4.78 is 37.1. The van der Waals surface area contributed by atoms with Gasteiger partial charge in [-0.15, -0.1) is 0 Å². The molecule has 19 heteroatoms. The zero-order chi connectivity index (χ0) is 51.8. The fourth-order valence-corrected chi connectivity index (χ4v) is 12.0. The molecule has 4 atom stereocenters. The average molecular weight is 1030 g/mol. The van der Waals surface area contributed by atoms with E-state index in [2.05, 4.69) is 47.1 Å². The zero-order valence-electron chi connectivity index (χ0n) is 44.0. The predicted octanol–water partition coefficient (Wildman–Crippen LogP) is 6.43. The predicted molar refractivity (Wildman–Crippen MR) is 288 cm³/mol. The molecule has 19 nitrogen and oxygen atoms in total. The van der Waals surface area contributed by atoms with Crippen LogP contribution in [0.25, 0.3) is 67.2 Å². The number of hydrogen-bond donors (Lipinski definition) is 2. The van der Waals surface area contributed by atoms with E-state index in [1.165, 1.54) is 25.7 Å². The Morgan fingerprint density at radius 3 is 1.66 bits per heavy atom. The molecule has 2 amide bonds. The largest absolute Gasteiger partial charge is 0.494 e. The second kappa shape index (κ2) is 19.8. The van der Waals surface area contributed by atoms with E-state index in [1.807, 2.05) is 72.4 Å². The number of nitrogens with one attached hydrogen (secondary N) is 2. The fourth-order valence-electron chi connectivity index (χ4n) is 12.0. The van der Waals surface area contributed by atoms with E-state index >= 15 is 0 Å². The lowest BCUT2D eigenvalue weighted by atomic mass is 9.99. The number of aromatic nitrogens is 8. The minimum atomic E-state index is -0.00707. The molecule has 8 aromatic rings. The van der Waals surface area contributed by atoms with Crippen LogP contribution >= 0.6 is 0 Å². The monoisotopic (exact) mass is 1030 g/mol. The van der Waals surface area contributed by atoms with Crippen LogP contribution in [0.1, 0.15) is 59.2 Å². The normalized spacial score (nSPS) is 21.6. The highest BCUT2D eigenvalue weighted by Gasteiger charge is 2.37. The topological polar surface area (TPSA) is 182 Å². The van der Waals surface area contributed by atoms with Crippen LogP contribution in [0.2, 0.25) is 0 Å². The van der Waals surface area contributed by atoms with Gasteiger partial charge >= 0.3 is 0 Å². The molecule has 10 heterocycles. The summed E-state index contributed by atoms with van der Waals surface area (Å²) in [6.07, 6.45) is 7.03. The average Bonchev–Trinajstić information content (AvgIpc) is 4.41. The molecule has 2 N–H and O–H groups in total. The summed E-state index contributed by atoms with van der Waals surface area (Å²) in [6, 6.07) is 22.2. The molecule has 2 saturated carbocycles. The van der Waals surface area contributed by atoms with Crippen LogP contribution in [0, 0.1) is 11.8 Å². The number of ether oxygens (including phenoxy) is 5. The summed E-state index contributed by atoms with van der Waals surface area (Å²) in [5.74, 6) is 4.90. The number of fused-ring (bicyclic) bond motifs is 6. The molecule has 0 radical (unpaired) electrons. The molecule has 76 heavy (non-hydrogen) atoms. The van der Waals surface area contributed by atoms with Crippen molar-refractivity contribution >= 4 is 55.9 Å². The maximum absolute atomic E-state index is 13.7. The molecular formula is C57H66N12O7. The number of imidazole rings is 2. The number of amides is 2. The highest BCUT2D eigenvalue weighted by molar-refractivity contribution is 6.01. The first kappa shape index (κ1) is 48.6. The highest BCUT2D eigenvalue weighted by Crippen LogP contribution is 2.40. The fraction of sp³-hybridized carbons (Fsp3) is 0.474. The first-order valence-corrected chi connectivity index (χ1v) is 27.0. The Morgan fingerprint density at radius 1 is 0.592 bits per heavy atom. The van der Waals surface area contributed by atoms with Crippen LogP contribution in [0.5, 0.6) is 17.5 Å². The molecular weight excluding hydrogens is 965 g/mol. The quantitative estimate of drug-likeness (QED) is 0.145. The number of rotatable bonds is 11. The van der Waals surface area contributed by atoms with Crippen molar-refractivity contribution in [3.05, 3.63) is 77.9 Å². The van der Waals surface area contributed by atoms with Gasteiger partial charge in [-0.1, -0.05) is 0 Å². The molecule has 6 aliphatic rings. The minimum Gasteiger partial charge on any atom is -0.494 e. The number of nitrogens with zero attached hydrogens (tertiary/aromatic N) is 10. The van der Waals surface area contributed by atoms with Gasteiger partial charge in [-0.3, -0.25) is 9.59 Å². The Kier molecular flexibility index (Phi) is 12.7. The van der Waals surface area contributed by atoms with Crippen molar-refractivity contribution in [2.75, 3.05) is 73.8 Å². The first-order chi connectivity index (χ1) is 37.1. The molecule has 2 aliphatic carbocycles. The van der Waals surface area contributed by atoms with Gasteiger partial charge in [0.2, 0.25) is 11.8 Å². The number of morpholine rings is 2. The van der Waals surface area contributed by atoms with Crippen molar-refractivity contribution in [2.24, 2.45) is 25.9 Å². The number of piperidine rings is 2. The Bertz CT molecular complexity index is 3530. The number of aryl methyl sites for hydroxylation is 2. The summed E-state index contributed by atoms with van der Waals surface area (Å²) in [7, 11) is 8.97. The lowest BCUT2D eigenvalue weighted by molar-refractivity contribution is -0.0385. The van der Waals surface area contributed by atoms with Gasteiger partial charge in [0, 0.05) is 100 Å².